The summed E-state index contributed by atoms with van der Waals surface area (Å²) in [6.45, 7) is 0. The minimum absolute atomic E-state index is 0.0122. The Labute approximate surface area is 125 Å². The van der Waals surface area contributed by atoms with E-state index in [0.29, 0.717) is 11.5 Å². The number of methoxy groups -OCH3 is 2. The van der Waals surface area contributed by atoms with Gasteiger partial charge in [0, 0.05) is 18.2 Å². The Balaban J connectivity index is 2.01. The quantitative estimate of drug-likeness (QED) is 0.800. The molecule has 5 nitrogen and oxygen atoms in total. The maximum Gasteiger partial charge on any atom is 0.244 e. The summed E-state index contributed by atoms with van der Waals surface area (Å²) in [5, 5.41) is 0. The fraction of sp³-hybridized carbons (Fsp3) is 0.467. The summed E-state index contributed by atoms with van der Waals surface area (Å²) in [5.74, 6) is 0.955. The van der Waals surface area contributed by atoms with Crippen molar-refractivity contribution in [2.45, 2.75) is 36.2 Å². The zero-order chi connectivity index (χ0) is 15.0. The van der Waals surface area contributed by atoms with Gasteiger partial charge >= 0.3 is 0 Å². The Morgan fingerprint density at radius 3 is 2.57 bits per heavy atom. The van der Waals surface area contributed by atoms with Gasteiger partial charge in [-0.3, -0.25) is 0 Å². The number of ether oxygens (including phenoxy) is 2. The van der Waals surface area contributed by atoms with Crippen LogP contribution in [0.4, 0.5) is 0 Å². The molecular formula is C15H19NO4S. The Bertz CT molecular complexity index is 668. The van der Waals surface area contributed by atoms with Crippen LogP contribution in [0.2, 0.25) is 0 Å². The summed E-state index contributed by atoms with van der Waals surface area (Å²) in [5.41, 5.74) is 0. The standard InChI is InChI=1S/C15H19NO4S/c1-19-14-9-8-13(10-15(14)20-2)21(17,18)16-11-4-3-5-12(16)7-6-11/h3-4,8-12H,5-7H2,1-2H3. The van der Waals surface area contributed by atoms with Gasteiger partial charge < -0.3 is 9.47 Å². The van der Waals surface area contributed by atoms with Crippen molar-refractivity contribution in [2.24, 2.45) is 0 Å². The van der Waals surface area contributed by atoms with Crippen LogP contribution in [-0.2, 0) is 10.0 Å². The molecule has 0 spiro atoms. The Morgan fingerprint density at radius 2 is 1.90 bits per heavy atom. The van der Waals surface area contributed by atoms with E-state index in [-0.39, 0.29) is 17.0 Å². The zero-order valence-corrected chi connectivity index (χ0v) is 13.0. The first-order valence-electron chi connectivity index (χ1n) is 7.00. The summed E-state index contributed by atoms with van der Waals surface area (Å²) in [6.07, 6.45) is 6.70. The van der Waals surface area contributed by atoms with Crippen molar-refractivity contribution < 1.29 is 17.9 Å². The predicted molar refractivity (Wildman–Crippen MR) is 79.1 cm³/mol. The van der Waals surface area contributed by atoms with E-state index in [1.54, 1.807) is 16.4 Å². The van der Waals surface area contributed by atoms with Crippen LogP contribution >= 0.6 is 0 Å². The highest BCUT2D eigenvalue weighted by atomic mass is 32.2. The topological polar surface area (TPSA) is 55.8 Å². The van der Waals surface area contributed by atoms with E-state index in [1.165, 1.54) is 20.3 Å². The Morgan fingerprint density at radius 1 is 1.14 bits per heavy atom. The van der Waals surface area contributed by atoms with Gasteiger partial charge in [0.2, 0.25) is 10.0 Å². The maximum atomic E-state index is 12.9. The fourth-order valence-corrected chi connectivity index (χ4v) is 5.01. The van der Waals surface area contributed by atoms with Crippen molar-refractivity contribution in [3.05, 3.63) is 30.4 Å². The maximum absolute atomic E-state index is 12.9. The van der Waals surface area contributed by atoms with Crippen molar-refractivity contribution in [3.8, 4) is 11.5 Å². The number of rotatable bonds is 4. The van der Waals surface area contributed by atoms with Crippen LogP contribution in [0.15, 0.2) is 35.2 Å². The summed E-state index contributed by atoms with van der Waals surface area (Å²) < 4.78 is 37.8. The summed E-state index contributed by atoms with van der Waals surface area (Å²) >= 11 is 0. The molecule has 2 heterocycles. The van der Waals surface area contributed by atoms with Gasteiger partial charge in [-0.25, -0.2) is 8.42 Å². The van der Waals surface area contributed by atoms with E-state index < -0.39 is 10.0 Å². The average molecular weight is 309 g/mol. The first-order chi connectivity index (χ1) is 10.1. The van der Waals surface area contributed by atoms with E-state index in [4.69, 9.17) is 9.47 Å². The van der Waals surface area contributed by atoms with Gasteiger partial charge in [-0.2, -0.15) is 4.31 Å². The molecule has 2 unspecified atom stereocenters. The molecule has 2 atom stereocenters. The average Bonchev–Trinajstić information content (AvgIpc) is 2.77. The van der Waals surface area contributed by atoms with Gasteiger partial charge in [0.05, 0.1) is 19.1 Å². The Kier molecular flexibility index (Phi) is 3.67. The van der Waals surface area contributed by atoms with Gasteiger partial charge in [-0.1, -0.05) is 12.2 Å². The first-order valence-corrected chi connectivity index (χ1v) is 8.44. The van der Waals surface area contributed by atoms with Crippen LogP contribution < -0.4 is 9.47 Å². The molecule has 0 radical (unpaired) electrons. The lowest BCUT2D eigenvalue weighted by molar-refractivity contribution is 0.339. The van der Waals surface area contributed by atoms with Crippen molar-refractivity contribution in [1.29, 1.82) is 0 Å². The van der Waals surface area contributed by atoms with E-state index in [0.717, 1.165) is 19.3 Å². The monoisotopic (exact) mass is 309 g/mol. The molecule has 0 amide bonds. The largest absolute Gasteiger partial charge is 0.493 e. The molecule has 1 saturated heterocycles. The Hall–Kier alpha value is -1.53. The van der Waals surface area contributed by atoms with Crippen LogP contribution in [0.3, 0.4) is 0 Å². The highest BCUT2D eigenvalue weighted by Gasteiger charge is 2.42. The first kappa shape index (κ1) is 14.4. The molecule has 0 saturated carbocycles. The molecule has 0 aliphatic carbocycles. The highest BCUT2D eigenvalue weighted by molar-refractivity contribution is 7.89. The molecule has 2 aliphatic heterocycles. The predicted octanol–water partition coefficient (Wildman–Crippen LogP) is 2.19. The second-order valence-corrected chi connectivity index (χ2v) is 7.16. The van der Waals surface area contributed by atoms with Crippen LogP contribution in [-0.4, -0.2) is 39.0 Å². The van der Waals surface area contributed by atoms with Crippen LogP contribution in [0.25, 0.3) is 0 Å². The third kappa shape index (κ3) is 2.32. The zero-order valence-electron chi connectivity index (χ0n) is 12.2. The number of hydrogen-bond donors (Lipinski definition) is 0. The molecule has 114 valence electrons. The molecule has 1 fully saturated rings. The third-order valence-corrected chi connectivity index (χ3v) is 6.15. The third-order valence-electron chi connectivity index (χ3n) is 4.18. The van der Waals surface area contributed by atoms with Gasteiger partial charge in [0.1, 0.15) is 0 Å². The van der Waals surface area contributed by atoms with E-state index in [2.05, 4.69) is 6.08 Å². The van der Waals surface area contributed by atoms with Crippen molar-refractivity contribution in [2.75, 3.05) is 14.2 Å². The van der Waals surface area contributed by atoms with E-state index in [1.807, 2.05) is 6.08 Å². The lowest BCUT2D eigenvalue weighted by Gasteiger charge is -2.30. The van der Waals surface area contributed by atoms with E-state index >= 15 is 0 Å². The molecular weight excluding hydrogens is 290 g/mol. The molecule has 2 bridgehead atoms. The highest BCUT2D eigenvalue weighted by Crippen LogP contribution is 2.38. The molecule has 0 aromatic heterocycles. The number of sulfonamides is 1. The molecule has 1 aromatic carbocycles. The number of benzene rings is 1. The van der Waals surface area contributed by atoms with Crippen LogP contribution in [0.5, 0.6) is 11.5 Å². The normalized spacial score (nSPS) is 25.0. The van der Waals surface area contributed by atoms with Crippen molar-refractivity contribution in [3.63, 3.8) is 0 Å². The summed E-state index contributed by atoms with van der Waals surface area (Å²) in [4.78, 5) is 0.257. The SMILES string of the molecule is COc1ccc(S(=O)(=O)N2C3C=CCC2CC3)cc1OC. The summed E-state index contributed by atoms with van der Waals surface area (Å²) in [6, 6.07) is 4.81. The smallest absolute Gasteiger partial charge is 0.244 e. The molecule has 21 heavy (non-hydrogen) atoms. The molecule has 1 aromatic rings. The molecule has 2 aliphatic rings. The number of nitrogens with zero attached hydrogens (tertiary/aromatic N) is 1. The second-order valence-electron chi connectivity index (χ2n) is 5.31. The summed E-state index contributed by atoms with van der Waals surface area (Å²) in [7, 11) is -0.478. The molecule has 6 heteroatoms. The molecule has 3 rings (SSSR count). The van der Waals surface area contributed by atoms with Crippen molar-refractivity contribution in [1.82, 2.24) is 4.31 Å². The minimum atomic E-state index is -3.51. The van der Waals surface area contributed by atoms with Gasteiger partial charge in [-0.15, -0.1) is 0 Å². The second kappa shape index (κ2) is 5.35. The number of hydrogen-bond acceptors (Lipinski definition) is 4. The fourth-order valence-electron chi connectivity index (χ4n) is 3.16. The van der Waals surface area contributed by atoms with Gasteiger partial charge in [0.25, 0.3) is 0 Å². The minimum Gasteiger partial charge on any atom is -0.493 e. The number of fused-ring (bicyclic) bond motifs is 2. The lowest BCUT2D eigenvalue weighted by atomic mass is 10.2. The van der Waals surface area contributed by atoms with Gasteiger partial charge in [0.15, 0.2) is 11.5 Å². The van der Waals surface area contributed by atoms with Crippen LogP contribution in [0.1, 0.15) is 19.3 Å². The van der Waals surface area contributed by atoms with Gasteiger partial charge in [-0.05, 0) is 31.4 Å². The van der Waals surface area contributed by atoms with E-state index in [9.17, 15) is 8.42 Å². The van der Waals surface area contributed by atoms with Crippen LogP contribution in [0, 0.1) is 0 Å². The lowest BCUT2D eigenvalue weighted by Crippen LogP contribution is -2.41. The van der Waals surface area contributed by atoms with Crippen molar-refractivity contribution >= 4 is 10.0 Å². The molecule has 0 N–H and O–H groups in total.